The lowest BCUT2D eigenvalue weighted by Gasteiger charge is -2.21. The monoisotopic (exact) mass is 328 g/mol. The standard InChI is InChI=1S/C18H24N4O2/c1-5-21(12-17(23)20-13(2)3)18(24)16-11-19-22(14(16)4)15-9-7-6-8-10-15/h6-11,13H,5,12H2,1-4H3,(H,20,23). The van der Waals surface area contributed by atoms with Crippen molar-refractivity contribution in [2.24, 2.45) is 0 Å². The molecule has 0 bridgehead atoms. The highest BCUT2D eigenvalue weighted by atomic mass is 16.2. The number of benzene rings is 1. The van der Waals surface area contributed by atoms with Gasteiger partial charge in [0.05, 0.1) is 29.7 Å². The Morgan fingerprint density at radius 3 is 2.50 bits per heavy atom. The molecule has 1 N–H and O–H groups in total. The lowest BCUT2D eigenvalue weighted by molar-refractivity contribution is -0.122. The van der Waals surface area contributed by atoms with E-state index in [0.717, 1.165) is 11.4 Å². The predicted molar refractivity (Wildman–Crippen MR) is 93.2 cm³/mol. The van der Waals surface area contributed by atoms with E-state index in [4.69, 9.17) is 0 Å². The van der Waals surface area contributed by atoms with Crippen LogP contribution in [0.2, 0.25) is 0 Å². The van der Waals surface area contributed by atoms with Crippen LogP contribution in [0, 0.1) is 6.92 Å². The molecular formula is C18H24N4O2. The Morgan fingerprint density at radius 2 is 1.92 bits per heavy atom. The summed E-state index contributed by atoms with van der Waals surface area (Å²) >= 11 is 0. The van der Waals surface area contributed by atoms with Crippen molar-refractivity contribution in [2.75, 3.05) is 13.1 Å². The second kappa shape index (κ2) is 7.77. The SMILES string of the molecule is CCN(CC(=O)NC(C)C)C(=O)c1cnn(-c2ccccc2)c1C. The van der Waals surface area contributed by atoms with Gasteiger partial charge in [-0.15, -0.1) is 0 Å². The fourth-order valence-corrected chi connectivity index (χ4v) is 2.49. The molecule has 6 nitrogen and oxygen atoms in total. The van der Waals surface area contributed by atoms with E-state index in [2.05, 4.69) is 10.4 Å². The molecule has 1 aromatic heterocycles. The van der Waals surface area contributed by atoms with Crippen LogP contribution in [0.3, 0.4) is 0 Å². The van der Waals surface area contributed by atoms with Crippen LogP contribution in [-0.4, -0.2) is 45.6 Å². The summed E-state index contributed by atoms with van der Waals surface area (Å²) in [7, 11) is 0. The van der Waals surface area contributed by atoms with Crippen LogP contribution in [0.15, 0.2) is 36.5 Å². The molecule has 128 valence electrons. The van der Waals surface area contributed by atoms with Gasteiger partial charge in [0.15, 0.2) is 0 Å². The molecular weight excluding hydrogens is 304 g/mol. The quantitative estimate of drug-likeness (QED) is 0.884. The lowest BCUT2D eigenvalue weighted by atomic mass is 10.2. The molecule has 0 unspecified atom stereocenters. The van der Waals surface area contributed by atoms with Gasteiger partial charge in [0.25, 0.3) is 5.91 Å². The maximum atomic E-state index is 12.8. The third kappa shape index (κ3) is 4.01. The highest BCUT2D eigenvalue weighted by Gasteiger charge is 2.22. The highest BCUT2D eigenvalue weighted by Crippen LogP contribution is 2.15. The maximum Gasteiger partial charge on any atom is 0.257 e. The predicted octanol–water partition coefficient (Wildman–Crippen LogP) is 2.17. The number of amides is 2. The Kier molecular flexibility index (Phi) is 5.73. The molecule has 0 radical (unpaired) electrons. The number of carbonyl (C=O) groups is 2. The highest BCUT2D eigenvalue weighted by molar-refractivity contribution is 5.97. The first-order chi connectivity index (χ1) is 11.4. The first-order valence-corrected chi connectivity index (χ1v) is 8.12. The van der Waals surface area contributed by atoms with Crippen LogP contribution in [0.25, 0.3) is 5.69 Å². The van der Waals surface area contributed by atoms with Gasteiger partial charge < -0.3 is 10.2 Å². The summed E-state index contributed by atoms with van der Waals surface area (Å²) in [5, 5.41) is 7.13. The van der Waals surface area contributed by atoms with Crippen molar-refractivity contribution in [3.63, 3.8) is 0 Å². The van der Waals surface area contributed by atoms with Crippen LogP contribution in [0.4, 0.5) is 0 Å². The molecule has 1 heterocycles. The summed E-state index contributed by atoms with van der Waals surface area (Å²) in [5.41, 5.74) is 2.17. The third-order valence-electron chi connectivity index (χ3n) is 3.69. The van der Waals surface area contributed by atoms with Gasteiger partial charge in [-0.3, -0.25) is 9.59 Å². The van der Waals surface area contributed by atoms with Crippen LogP contribution < -0.4 is 5.32 Å². The van der Waals surface area contributed by atoms with Gasteiger partial charge >= 0.3 is 0 Å². The normalized spacial score (nSPS) is 10.7. The molecule has 0 saturated heterocycles. The number of rotatable bonds is 6. The molecule has 0 saturated carbocycles. The van der Waals surface area contributed by atoms with Gasteiger partial charge in [-0.05, 0) is 39.8 Å². The van der Waals surface area contributed by atoms with Gasteiger partial charge in [-0.1, -0.05) is 18.2 Å². The smallest absolute Gasteiger partial charge is 0.257 e. The Morgan fingerprint density at radius 1 is 1.25 bits per heavy atom. The molecule has 2 amide bonds. The van der Waals surface area contributed by atoms with E-state index in [9.17, 15) is 9.59 Å². The minimum absolute atomic E-state index is 0.0451. The number of likely N-dealkylation sites (N-methyl/N-ethyl adjacent to an activating group) is 1. The van der Waals surface area contributed by atoms with Gasteiger partial charge in [-0.25, -0.2) is 4.68 Å². The molecule has 0 aliphatic rings. The van der Waals surface area contributed by atoms with Crippen LogP contribution in [0.5, 0.6) is 0 Å². The van der Waals surface area contributed by atoms with E-state index in [1.165, 1.54) is 4.90 Å². The van der Waals surface area contributed by atoms with Gasteiger partial charge in [0.1, 0.15) is 0 Å². The fraction of sp³-hybridized carbons (Fsp3) is 0.389. The third-order valence-corrected chi connectivity index (χ3v) is 3.69. The molecule has 0 atom stereocenters. The molecule has 1 aromatic carbocycles. The summed E-state index contributed by atoms with van der Waals surface area (Å²) in [6, 6.07) is 9.69. The second-order valence-corrected chi connectivity index (χ2v) is 5.93. The Labute approximate surface area is 142 Å². The van der Waals surface area contributed by atoms with E-state index in [-0.39, 0.29) is 24.4 Å². The minimum Gasteiger partial charge on any atom is -0.352 e. The molecule has 0 spiro atoms. The number of hydrogen-bond acceptors (Lipinski definition) is 3. The largest absolute Gasteiger partial charge is 0.352 e. The average Bonchev–Trinajstić information content (AvgIpc) is 2.93. The zero-order chi connectivity index (χ0) is 17.7. The summed E-state index contributed by atoms with van der Waals surface area (Å²) in [6.07, 6.45) is 1.56. The van der Waals surface area contributed by atoms with Gasteiger partial charge in [-0.2, -0.15) is 5.10 Å². The Bertz CT molecular complexity index is 707. The van der Waals surface area contributed by atoms with E-state index < -0.39 is 0 Å². The van der Waals surface area contributed by atoms with Gasteiger partial charge in [0, 0.05) is 12.6 Å². The van der Waals surface area contributed by atoms with Crippen LogP contribution >= 0.6 is 0 Å². The molecule has 0 aliphatic carbocycles. The number of para-hydroxylation sites is 1. The number of nitrogens with zero attached hydrogens (tertiary/aromatic N) is 3. The number of carbonyl (C=O) groups excluding carboxylic acids is 2. The molecule has 2 aromatic rings. The maximum absolute atomic E-state index is 12.8. The molecule has 0 fully saturated rings. The summed E-state index contributed by atoms with van der Waals surface area (Å²) in [5.74, 6) is -0.343. The molecule has 0 aliphatic heterocycles. The van der Waals surface area contributed by atoms with E-state index >= 15 is 0 Å². The first-order valence-electron chi connectivity index (χ1n) is 8.12. The molecule has 2 rings (SSSR count). The van der Waals surface area contributed by atoms with Crippen LogP contribution in [0.1, 0.15) is 36.8 Å². The van der Waals surface area contributed by atoms with Crippen molar-refractivity contribution in [3.05, 3.63) is 47.8 Å². The van der Waals surface area contributed by atoms with E-state index in [1.54, 1.807) is 10.9 Å². The van der Waals surface area contributed by atoms with Crippen molar-refractivity contribution >= 4 is 11.8 Å². The van der Waals surface area contributed by atoms with Crippen LogP contribution in [-0.2, 0) is 4.79 Å². The molecule has 6 heteroatoms. The van der Waals surface area contributed by atoms with Crippen molar-refractivity contribution in [2.45, 2.75) is 33.7 Å². The van der Waals surface area contributed by atoms with Gasteiger partial charge in [0.2, 0.25) is 5.91 Å². The first kappa shape index (κ1) is 17.7. The van der Waals surface area contributed by atoms with Crippen molar-refractivity contribution in [3.8, 4) is 5.69 Å². The van der Waals surface area contributed by atoms with Crippen molar-refractivity contribution < 1.29 is 9.59 Å². The number of hydrogen-bond donors (Lipinski definition) is 1. The summed E-state index contributed by atoms with van der Waals surface area (Å²) in [4.78, 5) is 26.2. The zero-order valence-electron chi connectivity index (χ0n) is 14.6. The number of aromatic nitrogens is 2. The zero-order valence-corrected chi connectivity index (χ0v) is 14.6. The van der Waals surface area contributed by atoms with Crippen molar-refractivity contribution in [1.29, 1.82) is 0 Å². The van der Waals surface area contributed by atoms with Crippen molar-refractivity contribution in [1.82, 2.24) is 20.0 Å². The number of nitrogens with one attached hydrogen (secondary N) is 1. The summed E-state index contributed by atoms with van der Waals surface area (Å²) < 4.78 is 1.73. The molecule has 24 heavy (non-hydrogen) atoms. The Balaban J connectivity index is 2.19. The Hall–Kier alpha value is -2.63. The topological polar surface area (TPSA) is 67.2 Å². The lowest BCUT2D eigenvalue weighted by Crippen LogP contribution is -2.42. The average molecular weight is 328 g/mol. The minimum atomic E-state index is -0.184. The van der Waals surface area contributed by atoms with E-state index in [0.29, 0.717) is 12.1 Å². The second-order valence-electron chi connectivity index (χ2n) is 5.93. The fourth-order valence-electron chi connectivity index (χ4n) is 2.49. The summed E-state index contributed by atoms with van der Waals surface area (Å²) in [6.45, 7) is 8.00. The van der Waals surface area contributed by atoms with E-state index in [1.807, 2.05) is 58.0 Å².